The zero-order chi connectivity index (χ0) is 28.6. The molecule has 0 bridgehead atoms. The van der Waals surface area contributed by atoms with Gasteiger partial charge < -0.3 is 20.1 Å². The van der Waals surface area contributed by atoms with E-state index >= 15 is 0 Å². The lowest BCUT2D eigenvalue weighted by Gasteiger charge is -2.33. The van der Waals surface area contributed by atoms with Gasteiger partial charge in [-0.2, -0.15) is 0 Å². The number of pyridine rings is 2. The molecule has 4 heterocycles. The molecule has 2 fully saturated rings. The normalized spacial score (nSPS) is 16.2. The fourth-order valence-corrected chi connectivity index (χ4v) is 4.97. The molecule has 0 unspecified atom stereocenters. The fourth-order valence-electron chi connectivity index (χ4n) is 4.97. The lowest BCUT2D eigenvalue weighted by atomic mass is 10.1. The second-order valence-electron chi connectivity index (χ2n) is 10.3. The number of nitrogens with one attached hydrogen (secondary N) is 1. The van der Waals surface area contributed by atoms with Crippen molar-refractivity contribution in [3.63, 3.8) is 0 Å². The number of amides is 2. The van der Waals surface area contributed by atoms with Crippen molar-refractivity contribution in [2.24, 2.45) is 0 Å². The van der Waals surface area contributed by atoms with Gasteiger partial charge in [-0.3, -0.25) is 19.6 Å². The Morgan fingerprint density at radius 3 is 2.10 bits per heavy atom. The van der Waals surface area contributed by atoms with Crippen LogP contribution in [0, 0.1) is 0 Å². The Kier molecular flexibility index (Phi) is 9.17. The number of aromatic carboxylic acids is 1. The first kappa shape index (κ1) is 28.2. The highest BCUT2D eigenvalue weighted by Crippen LogP contribution is 2.17. The van der Waals surface area contributed by atoms with Gasteiger partial charge in [-0.1, -0.05) is 18.6 Å². The number of likely N-dealkylation sites (tertiary alicyclic amines) is 1. The summed E-state index contributed by atoms with van der Waals surface area (Å²) < 4.78 is 5.44. The second-order valence-corrected chi connectivity index (χ2v) is 10.3. The van der Waals surface area contributed by atoms with Crippen LogP contribution >= 0.6 is 0 Å². The first-order valence-electron chi connectivity index (χ1n) is 13.9. The highest BCUT2D eigenvalue weighted by Gasteiger charge is 2.23. The quantitative estimate of drug-likeness (QED) is 0.425. The van der Waals surface area contributed by atoms with Crippen LogP contribution in [0.5, 0.6) is 5.88 Å². The van der Waals surface area contributed by atoms with E-state index in [2.05, 4.69) is 25.1 Å². The van der Waals surface area contributed by atoms with Gasteiger partial charge in [0.1, 0.15) is 0 Å². The number of anilines is 1. The fraction of sp³-hybridized carbons (Fsp3) is 0.367. The summed E-state index contributed by atoms with van der Waals surface area (Å²) in [5.41, 5.74) is 3.19. The van der Waals surface area contributed by atoms with E-state index in [0.717, 1.165) is 25.3 Å². The van der Waals surface area contributed by atoms with Crippen molar-refractivity contribution < 1.29 is 24.2 Å². The topological polar surface area (TPSA) is 128 Å². The predicted octanol–water partition coefficient (Wildman–Crippen LogP) is 3.73. The van der Waals surface area contributed by atoms with Gasteiger partial charge >= 0.3 is 12.1 Å². The highest BCUT2D eigenvalue weighted by molar-refractivity contribution is 6.04. The molecule has 2 aromatic heterocycles. The number of hydrogen-bond donors (Lipinski definition) is 2. The van der Waals surface area contributed by atoms with Crippen molar-refractivity contribution in [3.05, 3.63) is 83.3 Å². The third-order valence-corrected chi connectivity index (χ3v) is 7.34. The molecule has 3 aromatic rings. The van der Waals surface area contributed by atoms with Gasteiger partial charge in [-0.05, 0) is 61.8 Å². The average Bonchev–Trinajstić information content (AvgIpc) is 2.99. The molecule has 0 atom stereocenters. The summed E-state index contributed by atoms with van der Waals surface area (Å²) in [4.78, 5) is 50.9. The molecule has 2 aliphatic heterocycles. The largest absolute Gasteiger partial charge is 0.478 e. The molecule has 1 aromatic carbocycles. The van der Waals surface area contributed by atoms with Crippen molar-refractivity contribution in [2.75, 3.05) is 44.6 Å². The van der Waals surface area contributed by atoms with Gasteiger partial charge in [0.05, 0.1) is 23.1 Å². The molecule has 0 radical (unpaired) electrons. The van der Waals surface area contributed by atoms with Crippen LogP contribution in [-0.2, 0) is 13.1 Å². The number of rotatable bonds is 8. The van der Waals surface area contributed by atoms with Gasteiger partial charge in [0.2, 0.25) is 5.88 Å². The van der Waals surface area contributed by atoms with E-state index in [4.69, 9.17) is 9.84 Å². The summed E-state index contributed by atoms with van der Waals surface area (Å²) in [5, 5.41) is 11.8. The van der Waals surface area contributed by atoms with E-state index in [1.54, 1.807) is 23.1 Å². The van der Waals surface area contributed by atoms with E-state index in [9.17, 15) is 14.4 Å². The first-order chi connectivity index (χ1) is 19.9. The minimum Gasteiger partial charge on any atom is -0.478 e. The van der Waals surface area contributed by atoms with Gasteiger partial charge in [0.25, 0.3) is 5.91 Å². The van der Waals surface area contributed by atoms with Crippen LogP contribution in [0.25, 0.3) is 0 Å². The molecule has 214 valence electrons. The first-order valence-corrected chi connectivity index (χ1v) is 13.9. The number of carbonyl (C=O) groups is 3. The molecular formula is C30H34N6O5. The summed E-state index contributed by atoms with van der Waals surface area (Å²) in [6, 6.07) is 14.1. The molecule has 2 N–H and O–H groups in total. The summed E-state index contributed by atoms with van der Waals surface area (Å²) in [6.07, 6.45) is 6.13. The summed E-state index contributed by atoms with van der Waals surface area (Å²) in [5.74, 6) is -1.08. The van der Waals surface area contributed by atoms with Crippen LogP contribution in [-0.4, -0.2) is 87.0 Å². The maximum absolute atomic E-state index is 12.7. The molecule has 0 saturated carbocycles. The van der Waals surface area contributed by atoms with Crippen molar-refractivity contribution in [2.45, 2.75) is 32.4 Å². The Balaban J connectivity index is 1.05. The van der Waals surface area contributed by atoms with Gasteiger partial charge in [-0.15, -0.1) is 0 Å². The van der Waals surface area contributed by atoms with Crippen LogP contribution in [0.4, 0.5) is 10.5 Å². The highest BCUT2D eigenvalue weighted by atomic mass is 16.6. The maximum Gasteiger partial charge on any atom is 0.416 e. The van der Waals surface area contributed by atoms with Crippen molar-refractivity contribution in [1.82, 2.24) is 24.7 Å². The number of carboxylic acids is 1. The number of hydrogen-bond acceptors (Lipinski definition) is 8. The molecule has 0 aliphatic carbocycles. The second kappa shape index (κ2) is 13.3. The van der Waals surface area contributed by atoms with Crippen LogP contribution in [0.2, 0.25) is 0 Å². The SMILES string of the molecule is O=C(O)c1ccc(CN2CCN(C(=O)Oc3ccc(NC(=O)c4ccc(CN5CCCCC5)cc4)cn3)CC2)nc1. The zero-order valence-corrected chi connectivity index (χ0v) is 22.9. The summed E-state index contributed by atoms with van der Waals surface area (Å²) in [6.45, 7) is 5.97. The number of carboxylic acid groups (broad SMARTS) is 1. The van der Waals surface area contributed by atoms with Gasteiger partial charge in [0.15, 0.2) is 0 Å². The maximum atomic E-state index is 12.7. The number of piperazine rings is 1. The van der Waals surface area contributed by atoms with Crippen LogP contribution in [0.3, 0.4) is 0 Å². The number of benzene rings is 1. The van der Waals surface area contributed by atoms with Gasteiger partial charge in [0, 0.05) is 57.1 Å². The van der Waals surface area contributed by atoms with Gasteiger partial charge in [-0.25, -0.2) is 14.6 Å². The van der Waals surface area contributed by atoms with Crippen molar-refractivity contribution in [1.29, 1.82) is 0 Å². The van der Waals surface area contributed by atoms with E-state index in [-0.39, 0.29) is 17.4 Å². The number of piperidine rings is 1. The van der Waals surface area contributed by atoms with Crippen LogP contribution in [0.1, 0.15) is 51.2 Å². The summed E-state index contributed by atoms with van der Waals surface area (Å²) in [7, 11) is 0. The molecule has 11 heteroatoms. The predicted molar refractivity (Wildman–Crippen MR) is 152 cm³/mol. The number of ether oxygens (including phenoxy) is 1. The molecule has 11 nitrogen and oxygen atoms in total. The van der Waals surface area contributed by atoms with Crippen molar-refractivity contribution in [3.8, 4) is 5.88 Å². The van der Waals surface area contributed by atoms with Crippen LogP contribution < -0.4 is 10.1 Å². The average molecular weight is 559 g/mol. The lowest BCUT2D eigenvalue weighted by Crippen LogP contribution is -2.49. The minimum atomic E-state index is -1.01. The summed E-state index contributed by atoms with van der Waals surface area (Å²) >= 11 is 0. The molecule has 41 heavy (non-hydrogen) atoms. The Labute approximate surface area is 238 Å². The lowest BCUT2D eigenvalue weighted by molar-refractivity contribution is 0.0696. The smallest absolute Gasteiger partial charge is 0.416 e. The van der Waals surface area contributed by atoms with Crippen LogP contribution in [0.15, 0.2) is 60.9 Å². The van der Waals surface area contributed by atoms with Crippen molar-refractivity contribution >= 4 is 23.7 Å². The molecular weight excluding hydrogens is 524 g/mol. The number of carbonyl (C=O) groups excluding carboxylic acids is 2. The molecule has 5 rings (SSSR count). The Bertz CT molecular complexity index is 1330. The molecule has 2 aliphatic rings. The standard InChI is InChI=1S/C30H34N6O5/c37-28(23-6-4-22(5-7-23)20-34-12-2-1-3-13-34)33-25-10-11-27(32-19-25)41-30(40)36-16-14-35(15-17-36)21-26-9-8-24(18-31-26)29(38)39/h4-11,18-19H,1-3,12-17,20-21H2,(H,33,37)(H,38,39). The Morgan fingerprint density at radius 2 is 1.46 bits per heavy atom. The Morgan fingerprint density at radius 1 is 0.756 bits per heavy atom. The Hall–Kier alpha value is -4.35. The molecule has 2 amide bonds. The van der Waals surface area contributed by atoms with E-state index in [1.165, 1.54) is 43.3 Å². The monoisotopic (exact) mass is 558 g/mol. The minimum absolute atomic E-state index is 0.151. The number of aromatic nitrogens is 2. The third kappa shape index (κ3) is 7.86. The van der Waals surface area contributed by atoms with E-state index < -0.39 is 12.1 Å². The molecule has 2 saturated heterocycles. The van der Waals surface area contributed by atoms with E-state index in [0.29, 0.717) is 44.0 Å². The van der Waals surface area contributed by atoms with E-state index in [1.807, 2.05) is 24.3 Å². The molecule has 0 spiro atoms. The number of nitrogens with zero attached hydrogens (tertiary/aromatic N) is 5. The zero-order valence-electron chi connectivity index (χ0n) is 22.9. The third-order valence-electron chi connectivity index (χ3n) is 7.34.